The molecule has 1 aromatic heterocycles. The Hall–Kier alpha value is -1.68. The van der Waals surface area contributed by atoms with Crippen LogP contribution >= 0.6 is 0 Å². The maximum atomic E-state index is 6.51. The minimum absolute atomic E-state index is 0.00139. The monoisotopic (exact) mass is 256 g/mol. The van der Waals surface area contributed by atoms with E-state index in [1.54, 1.807) is 0 Å². The lowest BCUT2D eigenvalue weighted by Gasteiger charge is -2.24. The zero-order valence-electron chi connectivity index (χ0n) is 11.5. The van der Waals surface area contributed by atoms with Crippen molar-refractivity contribution >= 4 is 0 Å². The molecule has 0 bridgehead atoms. The number of aryl methyl sites for hydroxylation is 3. The summed E-state index contributed by atoms with van der Waals surface area (Å²) in [6, 6.07) is 8.72. The van der Waals surface area contributed by atoms with Gasteiger partial charge in [-0.25, -0.2) is 9.67 Å². The van der Waals surface area contributed by atoms with Gasteiger partial charge in [0.15, 0.2) is 0 Å². The van der Waals surface area contributed by atoms with Crippen molar-refractivity contribution in [3.8, 4) is 0 Å². The molecule has 0 saturated carbocycles. The highest BCUT2D eigenvalue weighted by Crippen LogP contribution is 2.34. The SMILES string of the molecule is Cc1nc(C)n(C2CCCc3ccccc3C2N)n1. The first-order chi connectivity index (χ1) is 9.16. The number of nitrogens with zero attached hydrogens (tertiary/aromatic N) is 3. The van der Waals surface area contributed by atoms with Gasteiger partial charge in [0, 0.05) is 0 Å². The van der Waals surface area contributed by atoms with Gasteiger partial charge < -0.3 is 5.73 Å². The first-order valence-electron chi connectivity index (χ1n) is 6.90. The van der Waals surface area contributed by atoms with Crippen molar-refractivity contribution in [2.75, 3.05) is 0 Å². The molecule has 2 aromatic rings. The van der Waals surface area contributed by atoms with Crippen molar-refractivity contribution in [1.82, 2.24) is 14.8 Å². The van der Waals surface area contributed by atoms with Crippen LogP contribution in [0.4, 0.5) is 0 Å². The molecule has 3 rings (SSSR count). The standard InChI is InChI=1S/C15H20N4/c1-10-17-11(2)19(18-10)14-9-5-7-12-6-3-4-8-13(12)15(14)16/h3-4,6,8,14-15H,5,7,9,16H2,1-2H3. The second-order valence-corrected chi connectivity index (χ2v) is 5.33. The lowest BCUT2D eigenvalue weighted by molar-refractivity contribution is 0.354. The van der Waals surface area contributed by atoms with Gasteiger partial charge >= 0.3 is 0 Å². The number of benzene rings is 1. The van der Waals surface area contributed by atoms with Crippen molar-refractivity contribution in [2.24, 2.45) is 5.73 Å². The Morgan fingerprint density at radius 2 is 2.05 bits per heavy atom. The van der Waals surface area contributed by atoms with Gasteiger partial charge in [0.2, 0.25) is 0 Å². The molecule has 0 radical (unpaired) electrons. The summed E-state index contributed by atoms with van der Waals surface area (Å²) >= 11 is 0. The number of aromatic nitrogens is 3. The third-order valence-electron chi connectivity index (χ3n) is 4.00. The lowest BCUT2D eigenvalue weighted by atomic mass is 9.97. The van der Waals surface area contributed by atoms with Crippen molar-refractivity contribution in [3.63, 3.8) is 0 Å². The van der Waals surface area contributed by atoms with Crippen LogP contribution in [0.1, 0.15) is 47.7 Å². The summed E-state index contributed by atoms with van der Waals surface area (Å²) in [7, 11) is 0. The molecular formula is C15H20N4. The molecule has 1 aliphatic carbocycles. The van der Waals surface area contributed by atoms with E-state index in [1.165, 1.54) is 11.1 Å². The van der Waals surface area contributed by atoms with Gasteiger partial charge in [-0.2, -0.15) is 5.10 Å². The van der Waals surface area contributed by atoms with Crippen LogP contribution in [0.3, 0.4) is 0 Å². The molecule has 0 fully saturated rings. The molecule has 0 aliphatic heterocycles. The summed E-state index contributed by atoms with van der Waals surface area (Å²) in [5.74, 6) is 1.78. The van der Waals surface area contributed by atoms with E-state index in [9.17, 15) is 0 Å². The van der Waals surface area contributed by atoms with Crippen LogP contribution in [0.2, 0.25) is 0 Å². The van der Waals surface area contributed by atoms with Gasteiger partial charge in [0.1, 0.15) is 11.6 Å². The fourth-order valence-corrected chi connectivity index (χ4v) is 3.10. The fourth-order valence-electron chi connectivity index (χ4n) is 3.10. The maximum absolute atomic E-state index is 6.51. The van der Waals surface area contributed by atoms with Crippen molar-refractivity contribution in [1.29, 1.82) is 0 Å². The quantitative estimate of drug-likeness (QED) is 0.797. The van der Waals surface area contributed by atoms with Crippen LogP contribution in [0.5, 0.6) is 0 Å². The molecule has 1 heterocycles. The fraction of sp³-hybridized carbons (Fsp3) is 0.467. The molecule has 0 spiro atoms. The van der Waals surface area contributed by atoms with Gasteiger partial charge in [0.25, 0.3) is 0 Å². The van der Waals surface area contributed by atoms with E-state index < -0.39 is 0 Å². The average Bonchev–Trinajstić information content (AvgIpc) is 2.64. The largest absolute Gasteiger partial charge is 0.322 e. The Bertz CT molecular complexity index is 588. The minimum atomic E-state index is -0.00139. The predicted molar refractivity (Wildman–Crippen MR) is 74.8 cm³/mol. The summed E-state index contributed by atoms with van der Waals surface area (Å²) < 4.78 is 2.02. The molecule has 0 saturated heterocycles. The van der Waals surface area contributed by atoms with Crippen molar-refractivity contribution < 1.29 is 0 Å². The molecule has 2 N–H and O–H groups in total. The van der Waals surface area contributed by atoms with E-state index in [1.807, 2.05) is 18.5 Å². The molecule has 2 atom stereocenters. The van der Waals surface area contributed by atoms with E-state index >= 15 is 0 Å². The zero-order valence-corrected chi connectivity index (χ0v) is 11.5. The predicted octanol–water partition coefficient (Wildman–Crippen LogP) is 2.47. The number of nitrogens with two attached hydrogens (primary N) is 1. The third kappa shape index (κ3) is 2.16. The Morgan fingerprint density at radius 3 is 2.79 bits per heavy atom. The van der Waals surface area contributed by atoms with Crippen molar-refractivity contribution in [3.05, 3.63) is 47.0 Å². The summed E-state index contributed by atoms with van der Waals surface area (Å²) in [5, 5.41) is 4.52. The van der Waals surface area contributed by atoms with E-state index in [2.05, 4.69) is 34.3 Å². The van der Waals surface area contributed by atoms with E-state index in [4.69, 9.17) is 5.73 Å². The molecule has 100 valence electrons. The normalized spacial score (nSPS) is 22.9. The Labute approximate surface area is 113 Å². The maximum Gasteiger partial charge on any atom is 0.147 e. The lowest BCUT2D eigenvalue weighted by Crippen LogP contribution is -2.26. The number of hydrogen-bond donors (Lipinski definition) is 1. The highest BCUT2D eigenvalue weighted by molar-refractivity contribution is 5.32. The number of fused-ring (bicyclic) bond motifs is 1. The van der Waals surface area contributed by atoms with Crippen LogP contribution in [-0.2, 0) is 6.42 Å². The summed E-state index contributed by atoms with van der Waals surface area (Å²) in [4.78, 5) is 4.40. The van der Waals surface area contributed by atoms with Gasteiger partial charge in [-0.15, -0.1) is 0 Å². The molecule has 2 unspecified atom stereocenters. The third-order valence-corrected chi connectivity index (χ3v) is 4.00. The number of hydrogen-bond acceptors (Lipinski definition) is 3. The van der Waals surface area contributed by atoms with Crippen LogP contribution < -0.4 is 5.73 Å². The molecule has 1 aliphatic rings. The molecule has 4 nitrogen and oxygen atoms in total. The molecule has 1 aromatic carbocycles. The molecule has 0 amide bonds. The smallest absolute Gasteiger partial charge is 0.147 e. The molecular weight excluding hydrogens is 236 g/mol. The molecule has 4 heteroatoms. The highest BCUT2D eigenvalue weighted by atomic mass is 15.4. The average molecular weight is 256 g/mol. The topological polar surface area (TPSA) is 56.7 Å². The second kappa shape index (κ2) is 4.78. The van der Waals surface area contributed by atoms with Crippen LogP contribution in [0, 0.1) is 13.8 Å². The van der Waals surface area contributed by atoms with E-state index in [0.29, 0.717) is 0 Å². The summed E-state index contributed by atoms with van der Waals surface area (Å²) in [5.41, 5.74) is 9.16. The van der Waals surface area contributed by atoms with Gasteiger partial charge in [-0.1, -0.05) is 24.3 Å². The van der Waals surface area contributed by atoms with Gasteiger partial charge in [0.05, 0.1) is 12.1 Å². The van der Waals surface area contributed by atoms with E-state index in [0.717, 1.165) is 30.9 Å². The summed E-state index contributed by atoms with van der Waals surface area (Å²) in [6.45, 7) is 3.93. The first-order valence-corrected chi connectivity index (χ1v) is 6.90. The van der Waals surface area contributed by atoms with Crippen LogP contribution in [0.25, 0.3) is 0 Å². The highest BCUT2D eigenvalue weighted by Gasteiger charge is 2.27. The Morgan fingerprint density at radius 1 is 1.26 bits per heavy atom. The minimum Gasteiger partial charge on any atom is -0.322 e. The van der Waals surface area contributed by atoms with Gasteiger partial charge in [-0.3, -0.25) is 0 Å². The van der Waals surface area contributed by atoms with E-state index in [-0.39, 0.29) is 12.1 Å². The second-order valence-electron chi connectivity index (χ2n) is 5.33. The van der Waals surface area contributed by atoms with Crippen LogP contribution in [0.15, 0.2) is 24.3 Å². The van der Waals surface area contributed by atoms with Gasteiger partial charge in [-0.05, 0) is 44.2 Å². The van der Waals surface area contributed by atoms with Crippen molar-refractivity contribution in [2.45, 2.75) is 45.2 Å². The zero-order chi connectivity index (χ0) is 13.4. The number of rotatable bonds is 1. The Kier molecular flexibility index (Phi) is 3.11. The first kappa shape index (κ1) is 12.4. The summed E-state index contributed by atoms with van der Waals surface area (Å²) in [6.07, 6.45) is 3.31. The molecule has 19 heavy (non-hydrogen) atoms. The Balaban J connectivity index is 2.02. The van der Waals surface area contributed by atoms with Crippen LogP contribution in [-0.4, -0.2) is 14.8 Å².